The lowest BCUT2D eigenvalue weighted by atomic mass is 9.74. The van der Waals surface area contributed by atoms with Crippen molar-refractivity contribution in [3.05, 3.63) is 88.0 Å². The third-order valence-corrected chi connectivity index (χ3v) is 10.3. The van der Waals surface area contributed by atoms with Gasteiger partial charge in [0.25, 0.3) is 0 Å². The predicted molar refractivity (Wildman–Crippen MR) is 190 cm³/mol. The second kappa shape index (κ2) is 15.2. The smallest absolute Gasteiger partial charge is 0.168 e. The Morgan fingerprint density at radius 2 is 1.89 bits per heavy atom. The number of hydrogen-bond acceptors (Lipinski definition) is 7. The summed E-state index contributed by atoms with van der Waals surface area (Å²) in [6.07, 6.45) is 5.40. The maximum absolute atomic E-state index is 15.4. The summed E-state index contributed by atoms with van der Waals surface area (Å²) in [5.74, 6) is 0.425. The molecule has 0 radical (unpaired) electrons. The molecule has 0 spiro atoms. The van der Waals surface area contributed by atoms with Crippen LogP contribution in [-0.2, 0) is 23.1 Å². The number of ether oxygens (including phenoxy) is 1. The van der Waals surface area contributed by atoms with E-state index in [-0.39, 0.29) is 45.8 Å². The minimum atomic E-state index is -0.813. The number of thioether (sulfide) groups is 1. The Morgan fingerprint density at radius 1 is 1.13 bits per heavy atom. The highest BCUT2D eigenvalue weighted by atomic mass is 32.2. The van der Waals surface area contributed by atoms with Crippen molar-refractivity contribution in [2.45, 2.75) is 65.2 Å². The maximum Gasteiger partial charge on any atom is 0.168 e. The SMILES string of the molecule is CN/C1=N\C(=N)[C@@](C)(c2cccc(CC(C)C=O)c2)CCCC(C)(C)CSCCc2c(C=N)c(N)cc(F)c2Oc2ccc(F)c1c2. The summed E-state index contributed by atoms with van der Waals surface area (Å²) in [7, 11) is 1.61. The van der Waals surface area contributed by atoms with Gasteiger partial charge in [0.05, 0.1) is 11.0 Å². The molecule has 2 bridgehead atoms. The second-order valence-corrected chi connectivity index (χ2v) is 14.4. The molecule has 1 unspecified atom stereocenters. The Kier molecular flexibility index (Phi) is 11.6. The minimum Gasteiger partial charge on any atom is -0.454 e. The molecule has 47 heavy (non-hydrogen) atoms. The first-order valence-corrected chi connectivity index (χ1v) is 17.0. The topological polar surface area (TPSA) is 124 Å². The molecule has 0 saturated carbocycles. The maximum atomic E-state index is 15.4. The lowest BCUT2D eigenvalue weighted by molar-refractivity contribution is -0.110. The number of fused-ring (bicyclic) bond motifs is 3. The summed E-state index contributed by atoms with van der Waals surface area (Å²) in [6, 6.07) is 13.2. The van der Waals surface area contributed by atoms with Gasteiger partial charge < -0.3 is 26.0 Å². The van der Waals surface area contributed by atoms with Crippen molar-refractivity contribution in [2.75, 3.05) is 24.3 Å². The van der Waals surface area contributed by atoms with E-state index in [1.807, 2.05) is 38.1 Å². The molecule has 0 saturated heterocycles. The Balaban J connectivity index is 1.85. The molecular weight excluding hydrogens is 617 g/mol. The number of carbonyl (C=O) groups is 1. The average molecular weight is 662 g/mol. The van der Waals surface area contributed by atoms with Crippen LogP contribution in [0, 0.1) is 33.8 Å². The van der Waals surface area contributed by atoms with Crippen LogP contribution in [0.2, 0.25) is 0 Å². The van der Waals surface area contributed by atoms with E-state index in [1.54, 1.807) is 18.8 Å². The fraction of sp³-hybridized carbons (Fsp3) is 0.405. The Morgan fingerprint density at radius 3 is 2.60 bits per heavy atom. The predicted octanol–water partition coefficient (Wildman–Crippen LogP) is 8.10. The number of aldehydes is 1. The zero-order chi connectivity index (χ0) is 34.4. The molecule has 7 nitrogen and oxygen atoms in total. The van der Waals surface area contributed by atoms with Crippen LogP contribution in [0.25, 0.3) is 0 Å². The van der Waals surface area contributed by atoms with Crippen molar-refractivity contribution in [2.24, 2.45) is 16.3 Å². The summed E-state index contributed by atoms with van der Waals surface area (Å²) >= 11 is 1.75. The van der Waals surface area contributed by atoms with Crippen molar-refractivity contribution in [3.63, 3.8) is 0 Å². The fourth-order valence-electron chi connectivity index (χ4n) is 5.98. The van der Waals surface area contributed by atoms with Crippen LogP contribution in [0.4, 0.5) is 14.5 Å². The van der Waals surface area contributed by atoms with E-state index >= 15 is 8.78 Å². The lowest BCUT2D eigenvalue weighted by Crippen LogP contribution is -2.34. The number of nitrogens with zero attached hydrogens (tertiary/aromatic N) is 1. The monoisotopic (exact) mass is 661 g/mol. The number of benzene rings is 3. The number of halogens is 2. The van der Waals surface area contributed by atoms with E-state index in [2.05, 4.69) is 24.2 Å². The number of nitrogen functional groups attached to an aromatic ring is 1. The number of rotatable bonds is 5. The normalized spacial score (nSPS) is 20.7. The van der Waals surface area contributed by atoms with Gasteiger partial charge in [0.2, 0.25) is 0 Å². The van der Waals surface area contributed by atoms with Gasteiger partial charge in [-0.1, -0.05) is 51.5 Å². The molecule has 3 aromatic carbocycles. The Labute approximate surface area is 280 Å². The van der Waals surface area contributed by atoms with Crippen molar-refractivity contribution in [3.8, 4) is 11.5 Å². The second-order valence-electron chi connectivity index (χ2n) is 13.3. The van der Waals surface area contributed by atoms with Crippen LogP contribution < -0.4 is 15.8 Å². The highest BCUT2D eigenvalue weighted by molar-refractivity contribution is 7.99. The van der Waals surface area contributed by atoms with Crippen molar-refractivity contribution < 1.29 is 18.3 Å². The van der Waals surface area contributed by atoms with E-state index in [0.717, 1.165) is 48.3 Å². The first-order valence-electron chi connectivity index (χ1n) is 15.9. The number of carbonyl (C=O) groups excluding carboxylic acids is 1. The lowest BCUT2D eigenvalue weighted by Gasteiger charge is -2.32. The van der Waals surface area contributed by atoms with Crippen LogP contribution in [0.5, 0.6) is 11.5 Å². The summed E-state index contributed by atoms with van der Waals surface area (Å²) in [4.78, 5) is 16.1. The Hall–Kier alpha value is -4.05. The molecule has 1 heterocycles. The van der Waals surface area contributed by atoms with Crippen LogP contribution in [-0.4, -0.2) is 42.7 Å². The average Bonchev–Trinajstić information content (AvgIpc) is 3.03. The van der Waals surface area contributed by atoms with Crippen molar-refractivity contribution >= 4 is 41.6 Å². The Bertz CT molecular complexity index is 1670. The van der Waals surface area contributed by atoms with E-state index in [4.69, 9.17) is 15.9 Å². The van der Waals surface area contributed by atoms with Gasteiger partial charge in [-0.2, -0.15) is 11.8 Å². The number of amidine groups is 2. The zero-order valence-electron chi connectivity index (χ0n) is 27.8. The van der Waals surface area contributed by atoms with Crippen LogP contribution in [0.1, 0.15) is 74.8 Å². The molecule has 1 aliphatic rings. The first-order chi connectivity index (χ1) is 22.3. The third-order valence-electron chi connectivity index (χ3n) is 8.82. The molecule has 10 heteroatoms. The van der Waals surface area contributed by atoms with Gasteiger partial charge in [0, 0.05) is 42.1 Å². The molecule has 3 aromatic rings. The molecule has 0 aliphatic carbocycles. The number of aliphatic imine (C=N–C) groups is 1. The van der Waals surface area contributed by atoms with Gasteiger partial charge in [-0.05, 0) is 78.9 Å². The van der Waals surface area contributed by atoms with Crippen LogP contribution in [0.15, 0.2) is 53.5 Å². The van der Waals surface area contributed by atoms with Gasteiger partial charge in [-0.3, -0.25) is 5.41 Å². The highest BCUT2D eigenvalue weighted by Gasteiger charge is 2.34. The zero-order valence-corrected chi connectivity index (χ0v) is 28.6. The summed E-state index contributed by atoms with van der Waals surface area (Å²) in [5, 5.41) is 20.3. The molecule has 5 N–H and O–H groups in total. The summed E-state index contributed by atoms with van der Waals surface area (Å²) < 4.78 is 36.9. The van der Waals surface area contributed by atoms with Gasteiger partial charge in [-0.15, -0.1) is 0 Å². The quantitative estimate of drug-likeness (QED) is 0.125. The minimum absolute atomic E-state index is 0.0366. The van der Waals surface area contributed by atoms with Crippen LogP contribution >= 0.6 is 11.8 Å². The van der Waals surface area contributed by atoms with Gasteiger partial charge in [-0.25, -0.2) is 13.8 Å². The molecule has 2 atom stereocenters. The molecule has 4 rings (SSSR count). The molecule has 250 valence electrons. The number of nitrogens with one attached hydrogen (secondary N) is 3. The van der Waals surface area contributed by atoms with Crippen molar-refractivity contribution in [1.82, 2.24) is 5.32 Å². The largest absolute Gasteiger partial charge is 0.454 e. The highest BCUT2D eigenvalue weighted by Crippen LogP contribution is 2.38. The van der Waals surface area contributed by atoms with Gasteiger partial charge in [0.1, 0.15) is 29.5 Å². The molecule has 0 aromatic heterocycles. The molecule has 0 fully saturated rings. The number of nitrogens with two attached hydrogens (primary N) is 1. The first kappa shape index (κ1) is 35.8. The van der Waals surface area contributed by atoms with Gasteiger partial charge in [0.15, 0.2) is 11.6 Å². The van der Waals surface area contributed by atoms with E-state index in [1.165, 1.54) is 18.2 Å². The molecule has 0 amide bonds. The van der Waals surface area contributed by atoms with Gasteiger partial charge >= 0.3 is 0 Å². The number of anilines is 1. The molecular formula is C37H45F2N5O2S. The van der Waals surface area contributed by atoms with E-state index in [9.17, 15) is 10.2 Å². The standard InChI is InChI=1S/C37H45F2N5O2S/c1-23(21-45)16-24-8-6-9-25(17-24)37(4)14-7-13-36(2,3)22-47-15-12-27-29(20-40)32(41)19-31(39)33(27)46-26-10-11-30(38)28(18-26)34(43-5)44-35(37)42/h6,8-11,17-21,23,40H,7,12-16,22,41H2,1-5H3,(H2,42,43,44)/t23?,37-/m1/s1. The van der Waals surface area contributed by atoms with E-state index in [0.29, 0.717) is 36.1 Å². The molecule has 1 aliphatic heterocycles. The van der Waals surface area contributed by atoms with Crippen LogP contribution in [0.3, 0.4) is 0 Å². The third kappa shape index (κ3) is 8.46. The van der Waals surface area contributed by atoms with E-state index < -0.39 is 17.0 Å². The summed E-state index contributed by atoms with van der Waals surface area (Å²) in [6.45, 7) is 8.31. The number of hydrogen-bond donors (Lipinski definition) is 4. The summed E-state index contributed by atoms with van der Waals surface area (Å²) in [5.41, 5.74) is 8.26. The van der Waals surface area contributed by atoms with Crippen molar-refractivity contribution in [1.29, 1.82) is 10.8 Å². The fourth-order valence-corrected chi connectivity index (χ4v) is 7.17.